The number of imidazole rings is 1. The molecule has 1 aromatic carbocycles. The maximum Gasteiger partial charge on any atom is 0.191 e. The van der Waals surface area contributed by atoms with Gasteiger partial charge in [-0.2, -0.15) is 0 Å². The third-order valence-corrected chi connectivity index (χ3v) is 4.90. The van der Waals surface area contributed by atoms with Crippen LogP contribution in [0.15, 0.2) is 41.5 Å². The number of aromatic nitrogens is 2. The normalized spacial score (nSPS) is 19.3. The molecule has 1 aromatic heterocycles. The predicted molar refractivity (Wildman–Crippen MR) is 122 cm³/mol. The number of aliphatic hydroxyl groups is 1. The van der Waals surface area contributed by atoms with Crippen molar-refractivity contribution in [2.24, 2.45) is 10.4 Å². The summed E-state index contributed by atoms with van der Waals surface area (Å²) in [5.41, 5.74) is 2.08. The second kappa shape index (κ2) is 11.4. The number of hydrogen-bond acceptors (Lipinski definition) is 4. The number of nitrogens with one attached hydrogen (secondary N) is 3. The highest BCUT2D eigenvalue weighted by atomic mass is 127. The lowest BCUT2D eigenvalue weighted by Gasteiger charge is -2.27. The molecule has 2 heterocycles. The molecule has 2 aromatic rings. The molecule has 1 saturated heterocycles. The van der Waals surface area contributed by atoms with E-state index >= 15 is 0 Å². The topological polar surface area (TPSA) is 94.6 Å². The summed E-state index contributed by atoms with van der Waals surface area (Å²) in [4.78, 5) is 12.4. The fourth-order valence-corrected chi connectivity index (χ4v) is 3.29. The minimum Gasteiger partial charge on any atom is -0.396 e. The van der Waals surface area contributed by atoms with Crippen molar-refractivity contribution in [1.82, 2.24) is 20.6 Å². The molecular weight excluding hydrogens is 469 g/mol. The van der Waals surface area contributed by atoms with E-state index in [0.717, 1.165) is 55.6 Å². The van der Waals surface area contributed by atoms with Crippen molar-refractivity contribution in [3.8, 4) is 11.3 Å². The van der Waals surface area contributed by atoms with E-state index in [1.165, 1.54) is 0 Å². The number of nitrogens with zero attached hydrogens (tertiary/aromatic N) is 2. The lowest BCUT2D eigenvalue weighted by Crippen LogP contribution is -2.44. The first-order chi connectivity index (χ1) is 13.2. The van der Waals surface area contributed by atoms with Crippen LogP contribution >= 0.6 is 24.0 Å². The van der Waals surface area contributed by atoms with Crippen LogP contribution in [0.1, 0.15) is 25.6 Å². The highest BCUT2D eigenvalue weighted by Crippen LogP contribution is 2.31. The quantitative estimate of drug-likeness (QED) is 0.255. The van der Waals surface area contributed by atoms with Crippen molar-refractivity contribution in [3.05, 3.63) is 42.4 Å². The molecule has 0 aliphatic carbocycles. The third kappa shape index (κ3) is 6.18. The van der Waals surface area contributed by atoms with Crippen LogP contribution in [0, 0.1) is 5.41 Å². The molecule has 0 saturated carbocycles. The van der Waals surface area contributed by atoms with Crippen molar-refractivity contribution >= 4 is 29.9 Å². The van der Waals surface area contributed by atoms with Gasteiger partial charge in [0.15, 0.2) is 5.96 Å². The number of benzene rings is 1. The van der Waals surface area contributed by atoms with E-state index in [-0.39, 0.29) is 36.0 Å². The van der Waals surface area contributed by atoms with Gasteiger partial charge in [-0.05, 0) is 25.3 Å². The van der Waals surface area contributed by atoms with Gasteiger partial charge >= 0.3 is 0 Å². The molecule has 7 nitrogen and oxygen atoms in total. The molecule has 8 heteroatoms. The smallest absolute Gasteiger partial charge is 0.191 e. The summed E-state index contributed by atoms with van der Waals surface area (Å²) in [6, 6.07) is 10.1. The Morgan fingerprint density at radius 1 is 1.32 bits per heavy atom. The first kappa shape index (κ1) is 22.6. The second-order valence-corrected chi connectivity index (χ2v) is 6.93. The Bertz CT molecular complexity index is 729. The monoisotopic (exact) mass is 499 g/mol. The van der Waals surface area contributed by atoms with Gasteiger partial charge in [-0.1, -0.05) is 30.3 Å². The molecular formula is C20H30IN5O2. The van der Waals surface area contributed by atoms with E-state index in [1.54, 1.807) is 0 Å². The highest BCUT2D eigenvalue weighted by Gasteiger charge is 2.34. The summed E-state index contributed by atoms with van der Waals surface area (Å²) < 4.78 is 5.55. The van der Waals surface area contributed by atoms with Crippen LogP contribution in [0.2, 0.25) is 0 Å². The van der Waals surface area contributed by atoms with Gasteiger partial charge in [0.1, 0.15) is 12.4 Å². The number of rotatable bonds is 8. The van der Waals surface area contributed by atoms with E-state index in [0.29, 0.717) is 13.2 Å². The van der Waals surface area contributed by atoms with Gasteiger partial charge in [0, 0.05) is 31.7 Å². The molecule has 0 radical (unpaired) electrons. The van der Waals surface area contributed by atoms with E-state index in [2.05, 4.69) is 37.7 Å². The number of halogens is 1. The Hall–Kier alpha value is -1.65. The van der Waals surface area contributed by atoms with Gasteiger partial charge in [0.25, 0.3) is 0 Å². The van der Waals surface area contributed by atoms with Gasteiger partial charge in [-0.25, -0.2) is 9.98 Å². The number of aromatic amines is 1. The van der Waals surface area contributed by atoms with Gasteiger partial charge in [0.05, 0.1) is 18.5 Å². The SMILES string of the molecule is CCNC(=NCc1ncc(-c2ccccc2)[nH]1)NCC1(CCO)CCOC1.I. The number of aliphatic hydroxyl groups excluding tert-OH is 1. The lowest BCUT2D eigenvalue weighted by atomic mass is 9.84. The Morgan fingerprint density at radius 2 is 2.14 bits per heavy atom. The van der Waals surface area contributed by atoms with Crippen LogP contribution in [-0.4, -0.2) is 53.9 Å². The van der Waals surface area contributed by atoms with Crippen molar-refractivity contribution in [3.63, 3.8) is 0 Å². The molecule has 1 aliphatic heterocycles. The van der Waals surface area contributed by atoms with Gasteiger partial charge in [-0.3, -0.25) is 0 Å². The minimum atomic E-state index is -0.0178. The zero-order valence-corrected chi connectivity index (χ0v) is 18.6. The highest BCUT2D eigenvalue weighted by molar-refractivity contribution is 14.0. The van der Waals surface area contributed by atoms with Crippen molar-refractivity contribution < 1.29 is 9.84 Å². The largest absolute Gasteiger partial charge is 0.396 e. The van der Waals surface area contributed by atoms with Crippen LogP contribution in [0.25, 0.3) is 11.3 Å². The Morgan fingerprint density at radius 3 is 2.82 bits per heavy atom. The maximum absolute atomic E-state index is 9.37. The van der Waals surface area contributed by atoms with Gasteiger partial charge in [-0.15, -0.1) is 24.0 Å². The number of hydrogen-bond donors (Lipinski definition) is 4. The van der Waals surface area contributed by atoms with Crippen LogP contribution in [0.5, 0.6) is 0 Å². The summed E-state index contributed by atoms with van der Waals surface area (Å²) in [5, 5.41) is 16.0. The number of aliphatic imine (C=N–C) groups is 1. The standard InChI is InChI=1S/C20H29N5O2.HI/c1-2-21-19(24-14-20(8-10-26)9-11-27-15-20)23-13-18-22-12-17(25-18)16-6-4-3-5-7-16;/h3-7,12,26H,2,8-11,13-15H2,1H3,(H,22,25)(H2,21,23,24);1H. The van der Waals surface area contributed by atoms with Crippen LogP contribution in [0.3, 0.4) is 0 Å². The molecule has 1 aliphatic rings. The summed E-state index contributed by atoms with van der Waals surface area (Å²) in [6.45, 7) is 5.62. The minimum absolute atomic E-state index is 0. The molecule has 3 rings (SSSR count). The summed E-state index contributed by atoms with van der Waals surface area (Å²) in [5.74, 6) is 1.57. The molecule has 0 bridgehead atoms. The Labute approximate surface area is 183 Å². The van der Waals surface area contributed by atoms with Crippen molar-refractivity contribution in [2.75, 3.05) is 32.9 Å². The van der Waals surface area contributed by atoms with Crippen LogP contribution < -0.4 is 10.6 Å². The predicted octanol–water partition coefficient (Wildman–Crippen LogP) is 2.54. The second-order valence-electron chi connectivity index (χ2n) is 6.93. The maximum atomic E-state index is 9.37. The van der Waals surface area contributed by atoms with E-state index in [1.807, 2.05) is 31.3 Å². The first-order valence-electron chi connectivity index (χ1n) is 9.55. The molecule has 1 atom stereocenters. The fourth-order valence-electron chi connectivity index (χ4n) is 3.29. The molecule has 0 spiro atoms. The Balaban J connectivity index is 0.00000280. The molecule has 1 fully saturated rings. The van der Waals surface area contributed by atoms with E-state index in [4.69, 9.17) is 4.74 Å². The molecule has 28 heavy (non-hydrogen) atoms. The lowest BCUT2D eigenvalue weighted by molar-refractivity contribution is 0.127. The average Bonchev–Trinajstić information content (AvgIpc) is 3.35. The number of guanidine groups is 1. The average molecular weight is 499 g/mol. The fraction of sp³-hybridized carbons (Fsp3) is 0.500. The number of ether oxygens (including phenoxy) is 1. The van der Waals surface area contributed by atoms with E-state index in [9.17, 15) is 5.11 Å². The third-order valence-electron chi connectivity index (χ3n) is 4.90. The zero-order valence-electron chi connectivity index (χ0n) is 16.3. The van der Waals surface area contributed by atoms with Crippen LogP contribution in [-0.2, 0) is 11.3 Å². The molecule has 1 unspecified atom stereocenters. The van der Waals surface area contributed by atoms with Crippen molar-refractivity contribution in [1.29, 1.82) is 0 Å². The summed E-state index contributed by atoms with van der Waals surface area (Å²) in [6.07, 6.45) is 3.53. The van der Waals surface area contributed by atoms with E-state index < -0.39 is 0 Å². The Kier molecular flexibility index (Phi) is 9.20. The van der Waals surface area contributed by atoms with Crippen molar-refractivity contribution in [2.45, 2.75) is 26.3 Å². The molecule has 4 N–H and O–H groups in total. The molecule has 0 amide bonds. The van der Waals surface area contributed by atoms with Gasteiger partial charge < -0.3 is 25.5 Å². The van der Waals surface area contributed by atoms with Gasteiger partial charge in [0.2, 0.25) is 0 Å². The number of H-pyrrole nitrogens is 1. The summed E-state index contributed by atoms with van der Waals surface area (Å²) >= 11 is 0. The first-order valence-corrected chi connectivity index (χ1v) is 9.55. The molecule has 154 valence electrons. The zero-order chi connectivity index (χ0) is 19.0. The van der Waals surface area contributed by atoms with Crippen LogP contribution in [0.4, 0.5) is 0 Å². The summed E-state index contributed by atoms with van der Waals surface area (Å²) in [7, 11) is 0.